The van der Waals surface area contributed by atoms with E-state index >= 15 is 0 Å². The number of carboxylic acid groups (broad SMARTS) is 1. The lowest BCUT2D eigenvalue weighted by molar-refractivity contribution is -0.137. The predicted molar refractivity (Wildman–Crippen MR) is 118 cm³/mol. The second-order valence-corrected chi connectivity index (χ2v) is 9.24. The van der Waals surface area contributed by atoms with Crippen molar-refractivity contribution in [3.05, 3.63) is 46.2 Å². The Morgan fingerprint density at radius 3 is 2.72 bits per heavy atom. The summed E-state index contributed by atoms with van der Waals surface area (Å²) in [5, 5.41) is 19.1. The Hall–Kier alpha value is -1.66. The molecule has 0 bridgehead atoms. The number of ketones is 1. The van der Waals surface area contributed by atoms with Crippen LogP contribution in [0.4, 0.5) is 0 Å². The number of carbonyl (C=O) groups is 2. The minimum atomic E-state index is -0.778. The molecule has 0 aromatic carbocycles. The molecule has 1 fully saturated rings. The Kier molecular flexibility index (Phi) is 9.88. The average molecular weight is 414 g/mol. The zero-order valence-corrected chi connectivity index (χ0v) is 17.9. The molecular weight excluding hydrogens is 383 g/mol. The topological polar surface area (TPSA) is 74.6 Å². The third kappa shape index (κ3) is 7.94. The van der Waals surface area contributed by atoms with E-state index in [1.807, 2.05) is 18.2 Å². The molecule has 4 nitrogen and oxygen atoms in total. The molecule has 0 spiro atoms. The number of rotatable bonds is 12. The van der Waals surface area contributed by atoms with E-state index in [0.29, 0.717) is 32.0 Å². The third-order valence-corrected chi connectivity index (χ3v) is 6.69. The van der Waals surface area contributed by atoms with Crippen LogP contribution in [-0.2, 0) is 16.0 Å². The van der Waals surface area contributed by atoms with Gasteiger partial charge in [0.1, 0.15) is 0 Å². The number of aliphatic hydroxyl groups is 1. The van der Waals surface area contributed by atoms with E-state index in [1.54, 1.807) is 17.4 Å². The van der Waals surface area contributed by atoms with Gasteiger partial charge in [0.2, 0.25) is 0 Å². The number of carboxylic acids is 1. The van der Waals surface area contributed by atoms with Crippen LogP contribution < -0.4 is 0 Å². The van der Waals surface area contributed by atoms with Crippen molar-refractivity contribution in [2.75, 3.05) is 0 Å². The molecule has 156 valence electrons. The fraction of sp³-hybridized carbons (Fsp3) is 0.565. The van der Waals surface area contributed by atoms with Gasteiger partial charge in [-0.15, -0.1) is 11.3 Å². The molecule has 0 saturated heterocycles. The lowest BCUT2D eigenvalue weighted by Crippen LogP contribution is -2.18. The van der Waals surface area contributed by atoms with Gasteiger partial charge in [0.25, 0.3) is 0 Å². The summed E-state index contributed by atoms with van der Waals surface area (Å²) in [5.41, 5.74) is 0. The van der Waals surface area contributed by atoms with E-state index in [4.69, 9.17) is 13.0 Å². The Bertz CT molecular complexity index is 724. The number of allylic oxidation sites excluding steroid dienone is 4. The van der Waals surface area contributed by atoms with Crippen LogP contribution in [0.2, 0.25) is 6.32 Å². The number of aliphatic hydroxyl groups excluding tert-OH is 1. The molecule has 1 unspecified atom stereocenters. The molecule has 29 heavy (non-hydrogen) atoms. The summed E-state index contributed by atoms with van der Waals surface area (Å²) in [5.74, 6) is -0.357. The Balaban J connectivity index is 1.87. The fourth-order valence-corrected chi connectivity index (χ4v) is 4.92. The third-order valence-electron chi connectivity index (χ3n) is 5.63. The SMILES string of the molecule is [B]C[C@@H]1CC(O)[C@H](C/C=C\CCCC(=O)O)[C@H]1/C=C/C(=O)CCc1ccc(C)s1. The zero-order chi connectivity index (χ0) is 21.2. The quantitative estimate of drug-likeness (QED) is 0.228. The molecule has 1 aliphatic rings. The lowest BCUT2D eigenvalue weighted by Gasteiger charge is -2.21. The smallest absolute Gasteiger partial charge is 0.303 e. The summed E-state index contributed by atoms with van der Waals surface area (Å²) in [6.07, 6.45) is 11.8. The molecule has 0 aliphatic heterocycles. The Morgan fingerprint density at radius 1 is 1.28 bits per heavy atom. The highest BCUT2D eigenvalue weighted by atomic mass is 32.1. The zero-order valence-electron chi connectivity index (χ0n) is 17.1. The molecule has 1 heterocycles. The van der Waals surface area contributed by atoms with Crippen LogP contribution in [-0.4, -0.2) is 35.9 Å². The highest BCUT2D eigenvalue weighted by molar-refractivity contribution is 7.11. The van der Waals surface area contributed by atoms with E-state index < -0.39 is 12.1 Å². The van der Waals surface area contributed by atoms with Crippen molar-refractivity contribution in [3.63, 3.8) is 0 Å². The highest BCUT2D eigenvalue weighted by Crippen LogP contribution is 2.42. The molecular formula is C23H31BO4S. The summed E-state index contributed by atoms with van der Waals surface area (Å²) in [7, 11) is 5.91. The monoisotopic (exact) mass is 414 g/mol. The van der Waals surface area contributed by atoms with Crippen molar-refractivity contribution >= 4 is 30.9 Å². The molecule has 1 saturated carbocycles. The van der Waals surface area contributed by atoms with Crippen LogP contribution in [0.5, 0.6) is 0 Å². The van der Waals surface area contributed by atoms with Gasteiger partial charge in [0.05, 0.1) is 14.0 Å². The van der Waals surface area contributed by atoms with Gasteiger partial charge in [-0.25, -0.2) is 0 Å². The molecule has 2 N–H and O–H groups in total. The maximum absolute atomic E-state index is 12.3. The first-order valence-corrected chi connectivity index (χ1v) is 11.2. The summed E-state index contributed by atoms with van der Waals surface area (Å²) in [6, 6.07) is 4.15. The summed E-state index contributed by atoms with van der Waals surface area (Å²) >= 11 is 1.73. The van der Waals surface area contributed by atoms with Crippen molar-refractivity contribution in [1.29, 1.82) is 0 Å². The average Bonchev–Trinajstić information content (AvgIpc) is 3.23. The van der Waals surface area contributed by atoms with Crippen LogP contribution in [0, 0.1) is 24.7 Å². The second-order valence-electron chi connectivity index (χ2n) is 7.87. The van der Waals surface area contributed by atoms with Crippen molar-refractivity contribution in [2.45, 2.75) is 64.3 Å². The van der Waals surface area contributed by atoms with Gasteiger partial charge in [-0.1, -0.05) is 24.5 Å². The molecule has 0 amide bonds. The maximum atomic E-state index is 12.3. The number of hydrogen-bond donors (Lipinski definition) is 2. The summed E-state index contributed by atoms with van der Waals surface area (Å²) in [4.78, 5) is 25.3. The summed E-state index contributed by atoms with van der Waals surface area (Å²) < 4.78 is 0. The first-order valence-electron chi connectivity index (χ1n) is 10.4. The van der Waals surface area contributed by atoms with Crippen LogP contribution in [0.25, 0.3) is 0 Å². The normalized spacial score (nSPS) is 24.6. The molecule has 1 aliphatic carbocycles. The predicted octanol–water partition coefficient (Wildman–Crippen LogP) is 4.52. The van der Waals surface area contributed by atoms with Crippen molar-refractivity contribution < 1.29 is 19.8 Å². The van der Waals surface area contributed by atoms with Gasteiger partial charge in [-0.2, -0.15) is 0 Å². The number of aryl methyl sites for hydroxylation is 2. The van der Waals surface area contributed by atoms with E-state index in [1.165, 1.54) is 9.75 Å². The molecule has 1 aromatic heterocycles. The number of aliphatic carboxylic acids is 1. The van der Waals surface area contributed by atoms with Crippen LogP contribution in [0.3, 0.4) is 0 Å². The minimum Gasteiger partial charge on any atom is -0.481 e. The number of hydrogen-bond acceptors (Lipinski definition) is 4. The number of carbonyl (C=O) groups excluding carboxylic acids is 1. The lowest BCUT2D eigenvalue weighted by atomic mass is 9.80. The van der Waals surface area contributed by atoms with Gasteiger partial charge >= 0.3 is 5.97 Å². The Morgan fingerprint density at radius 2 is 2.07 bits per heavy atom. The van der Waals surface area contributed by atoms with Crippen LogP contribution in [0.1, 0.15) is 48.3 Å². The molecule has 2 radical (unpaired) electrons. The van der Waals surface area contributed by atoms with Gasteiger partial charge < -0.3 is 10.2 Å². The summed E-state index contributed by atoms with van der Waals surface area (Å²) in [6.45, 7) is 2.06. The minimum absolute atomic E-state index is 0.0447. The first kappa shape index (κ1) is 23.6. The second kappa shape index (κ2) is 12.1. The van der Waals surface area contributed by atoms with Crippen molar-refractivity contribution in [3.8, 4) is 0 Å². The van der Waals surface area contributed by atoms with E-state index in [2.05, 4.69) is 19.1 Å². The van der Waals surface area contributed by atoms with E-state index in [9.17, 15) is 14.7 Å². The Labute approximate surface area is 179 Å². The molecule has 2 rings (SSSR count). The van der Waals surface area contributed by atoms with Gasteiger partial charge in [0, 0.05) is 22.6 Å². The van der Waals surface area contributed by atoms with Gasteiger partial charge in [-0.05, 0) is 75.0 Å². The standard InChI is InChI=1S/C23H31BO4S/c1-16-8-11-19(29-16)12-9-18(25)10-13-20-17(15-24)14-22(26)21(20)6-4-2-3-5-7-23(27)28/h2,4,8,10-11,13,17,20-22,26H,3,5-7,9,12,14-15H2,1H3,(H,27,28)/b4-2-,13-10+/t17-,20-,21+,22?/m0/s1. The largest absolute Gasteiger partial charge is 0.481 e. The van der Waals surface area contributed by atoms with Crippen LogP contribution >= 0.6 is 11.3 Å². The van der Waals surface area contributed by atoms with Crippen molar-refractivity contribution in [2.24, 2.45) is 17.8 Å². The number of unbranched alkanes of at least 4 members (excludes halogenated alkanes) is 1. The fourth-order valence-electron chi connectivity index (χ4n) is 4.03. The van der Waals surface area contributed by atoms with E-state index in [-0.39, 0.29) is 30.0 Å². The highest BCUT2D eigenvalue weighted by Gasteiger charge is 2.39. The van der Waals surface area contributed by atoms with Gasteiger partial charge in [0.15, 0.2) is 5.78 Å². The maximum Gasteiger partial charge on any atom is 0.303 e. The molecule has 6 heteroatoms. The van der Waals surface area contributed by atoms with Crippen molar-refractivity contribution in [1.82, 2.24) is 0 Å². The van der Waals surface area contributed by atoms with Crippen LogP contribution in [0.15, 0.2) is 36.4 Å². The van der Waals surface area contributed by atoms with E-state index in [0.717, 1.165) is 12.8 Å². The van der Waals surface area contributed by atoms with Gasteiger partial charge in [-0.3, -0.25) is 9.59 Å². The first-order chi connectivity index (χ1) is 13.9. The molecule has 1 aromatic rings. The molecule has 4 atom stereocenters. The number of thiophene rings is 1.